The monoisotopic (exact) mass is 323 g/mol. The average Bonchev–Trinajstić information content (AvgIpc) is 3.09. The maximum atomic E-state index is 12.6. The highest BCUT2D eigenvalue weighted by molar-refractivity contribution is 6.07. The number of nitrogens with one attached hydrogen (secondary N) is 1. The van der Waals surface area contributed by atoms with Crippen molar-refractivity contribution in [2.45, 2.75) is 19.8 Å². The number of nitrogens with two attached hydrogens (primary N) is 1. The van der Waals surface area contributed by atoms with Gasteiger partial charge in [-0.25, -0.2) is 0 Å². The minimum atomic E-state index is -0.506. The predicted molar refractivity (Wildman–Crippen MR) is 95.5 cm³/mol. The first kappa shape index (κ1) is 16.1. The number of carbonyl (C=O) groups excluding carboxylic acids is 2. The topological polar surface area (TPSA) is 75.4 Å². The Morgan fingerprint density at radius 2 is 1.79 bits per heavy atom. The largest absolute Gasteiger partial charge is 0.370 e. The molecule has 3 rings (SSSR count). The van der Waals surface area contributed by atoms with Gasteiger partial charge in [-0.05, 0) is 50.1 Å². The Morgan fingerprint density at radius 1 is 1.04 bits per heavy atom. The van der Waals surface area contributed by atoms with Gasteiger partial charge in [-0.2, -0.15) is 0 Å². The van der Waals surface area contributed by atoms with Crippen LogP contribution < -0.4 is 16.0 Å². The predicted octanol–water partition coefficient (Wildman–Crippen LogP) is 2.95. The molecule has 1 aliphatic heterocycles. The van der Waals surface area contributed by atoms with Crippen molar-refractivity contribution < 1.29 is 9.59 Å². The van der Waals surface area contributed by atoms with E-state index in [9.17, 15) is 9.59 Å². The summed E-state index contributed by atoms with van der Waals surface area (Å²) in [4.78, 5) is 26.3. The number of benzene rings is 2. The van der Waals surface area contributed by atoms with Crippen molar-refractivity contribution in [1.82, 2.24) is 0 Å². The first-order chi connectivity index (χ1) is 11.5. The van der Waals surface area contributed by atoms with E-state index in [0.29, 0.717) is 16.8 Å². The van der Waals surface area contributed by atoms with Gasteiger partial charge in [-0.3, -0.25) is 9.59 Å². The maximum absolute atomic E-state index is 12.6. The molecule has 2 aromatic carbocycles. The van der Waals surface area contributed by atoms with Crippen LogP contribution in [0.2, 0.25) is 0 Å². The van der Waals surface area contributed by atoms with Gasteiger partial charge in [0, 0.05) is 24.2 Å². The molecule has 1 saturated heterocycles. The van der Waals surface area contributed by atoms with Gasteiger partial charge in [0.25, 0.3) is 5.91 Å². The third-order valence-electron chi connectivity index (χ3n) is 4.26. The van der Waals surface area contributed by atoms with E-state index in [2.05, 4.69) is 10.2 Å². The van der Waals surface area contributed by atoms with Crippen LogP contribution in [0.5, 0.6) is 0 Å². The summed E-state index contributed by atoms with van der Waals surface area (Å²) in [7, 11) is 0. The molecule has 0 bridgehead atoms. The molecule has 1 aliphatic rings. The fraction of sp³-hybridized carbons (Fsp3) is 0.263. The van der Waals surface area contributed by atoms with E-state index in [4.69, 9.17) is 5.73 Å². The SMILES string of the molecule is Cc1cccc(C(=O)Nc2cc(C(N)=O)ccc2N2CCCC2)c1. The zero-order valence-corrected chi connectivity index (χ0v) is 13.7. The molecule has 1 fully saturated rings. The molecule has 124 valence electrons. The lowest BCUT2D eigenvalue weighted by molar-refractivity contribution is 0.0996. The van der Waals surface area contributed by atoms with Crippen molar-refractivity contribution in [2.75, 3.05) is 23.3 Å². The van der Waals surface area contributed by atoms with E-state index in [0.717, 1.165) is 37.2 Å². The van der Waals surface area contributed by atoms with E-state index in [1.165, 1.54) is 0 Å². The minimum Gasteiger partial charge on any atom is -0.370 e. The summed E-state index contributed by atoms with van der Waals surface area (Å²) in [5.74, 6) is -0.699. The van der Waals surface area contributed by atoms with Gasteiger partial charge in [0.1, 0.15) is 0 Å². The molecule has 3 N–H and O–H groups in total. The summed E-state index contributed by atoms with van der Waals surface area (Å²) in [5.41, 5.74) is 8.93. The molecular weight excluding hydrogens is 302 g/mol. The maximum Gasteiger partial charge on any atom is 0.255 e. The number of rotatable bonds is 4. The average molecular weight is 323 g/mol. The van der Waals surface area contributed by atoms with Crippen LogP contribution in [0.1, 0.15) is 39.1 Å². The van der Waals surface area contributed by atoms with Crippen LogP contribution in [-0.2, 0) is 0 Å². The first-order valence-corrected chi connectivity index (χ1v) is 8.11. The number of anilines is 2. The van der Waals surface area contributed by atoms with Gasteiger partial charge in [-0.1, -0.05) is 17.7 Å². The third kappa shape index (κ3) is 3.40. The van der Waals surface area contributed by atoms with Crippen LogP contribution in [-0.4, -0.2) is 24.9 Å². The Morgan fingerprint density at radius 3 is 2.46 bits per heavy atom. The second-order valence-corrected chi connectivity index (χ2v) is 6.11. The Kier molecular flexibility index (Phi) is 4.51. The number of aryl methyl sites for hydroxylation is 1. The molecule has 24 heavy (non-hydrogen) atoms. The summed E-state index contributed by atoms with van der Waals surface area (Å²) in [5, 5.41) is 2.94. The summed E-state index contributed by atoms with van der Waals surface area (Å²) in [6.45, 7) is 3.84. The Bertz CT molecular complexity index is 780. The molecule has 5 nitrogen and oxygen atoms in total. The highest BCUT2D eigenvalue weighted by Crippen LogP contribution is 2.30. The fourth-order valence-electron chi connectivity index (χ4n) is 3.00. The van der Waals surface area contributed by atoms with E-state index in [1.807, 2.05) is 31.2 Å². The molecule has 0 unspecified atom stereocenters. The van der Waals surface area contributed by atoms with Gasteiger partial charge in [0.05, 0.1) is 11.4 Å². The van der Waals surface area contributed by atoms with Crippen molar-refractivity contribution in [3.63, 3.8) is 0 Å². The van der Waals surface area contributed by atoms with E-state index in [1.54, 1.807) is 18.2 Å². The van der Waals surface area contributed by atoms with Gasteiger partial charge < -0.3 is 16.0 Å². The van der Waals surface area contributed by atoms with Crippen LogP contribution in [0.25, 0.3) is 0 Å². The van der Waals surface area contributed by atoms with Gasteiger partial charge in [0.15, 0.2) is 0 Å². The smallest absolute Gasteiger partial charge is 0.255 e. The van der Waals surface area contributed by atoms with Crippen LogP contribution in [0.3, 0.4) is 0 Å². The second kappa shape index (κ2) is 6.74. The molecule has 0 saturated carbocycles. The number of carbonyl (C=O) groups is 2. The van der Waals surface area contributed by atoms with E-state index in [-0.39, 0.29) is 5.91 Å². The zero-order chi connectivity index (χ0) is 17.1. The molecular formula is C19H21N3O2. The lowest BCUT2D eigenvalue weighted by Crippen LogP contribution is -2.22. The summed E-state index contributed by atoms with van der Waals surface area (Å²) in [6, 6.07) is 12.6. The second-order valence-electron chi connectivity index (χ2n) is 6.11. The number of primary amides is 1. The fourth-order valence-corrected chi connectivity index (χ4v) is 3.00. The molecule has 2 amide bonds. The standard InChI is InChI=1S/C19H21N3O2/c1-13-5-4-6-15(11-13)19(24)21-16-12-14(18(20)23)7-8-17(16)22-9-2-3-10-22/h4-8,11-12H,2-3,9-10H2,1H3,(H2,20,23)(H,21,24). The molecule has 2 aromatic rings. The molecule has 0 aliphatic carbocycles. The van der Waals surface area contributed by atoms with Crippen molar-refractivity contribution in [3.05, 3.63) is 59.2 Å². The normalized spacial score (nSPS) is 13.8. The number of hydrogen-bond donors (Lipinski definition) is 2. The highest BCUT2D eigenvalue weighted by atomic mass is 16.2. The quantitative estimate of drug-likeness (QED) is 0.908. The summed E-state index contributed by atoms with van der Waals surface area (Å²) < 4.78 is 0. The molecule has 0 atom stereocenters. The van der Waals surface area contributed by atoms with E-state index < -0.39 is 5.91 Å². The van der Waals surface area contributed by atoms with Crippen molar-refractivity contribution >= 4 is 23.2 Å². The third-order valence-corrected chi connectivity index (χ3v) is 4.26. The molecule has 5 heteroatoms. The summed E-state index contributed by atoms with van der Waals surface area (Å²) in [6.07, 6.45) is 2.26. The molecule has 0 spiro atoms. The Balaban J connectivity index is 1.93. The van der Waals surface area contributed by atoms with Gasteiger partial charge >= 0.3 is 0 Å². The number of hydrogen-bond acceptors (Lipinski definition) is 3. The Labute approximate surface area is 141 Å². The lowest BCUT2D eigenvalue weighted by Gasteiger charge is -2.22. The van der Waals surface area contributed by atoms with E-state index >= 15 is 0 Å². The number of nitrogens with zero attached hydrogens (tertiary/aromatic N) is 1. The highest BCUT2D eigenvalue weighted by Gasteiger charge is 2.18. The van der Waals surface area contributed by atoms with Crippen LogP contribution in [0.15, 0.2) is 42.5 Å². The minimum absolute atomic E-state index is 0.194. The van der Waals surface area contributed by atoms with Crippen molar-refractivity contribution in [3.8, 4) is 0 Å². The molecule has 0 radical (unpaired) electrons. The van der Waals surface area contributed by atoms with Crippen LogP contribution in [0, 0.1) is 6.92 Å². The van der Waals surface area contributed by atoms with Gasteiger partial charge in [0.2, 0.25) is 5.91 Å². The summed E-state index contributed by atoms with van der Waals surface area (Å²) >= 11 is 0. The number of amides is 2. The molecule has 1 heterocycles. The lowest BCUT2D eigenvalue weighted by atomic mass is 10.1. The van der Waals surface area contributed by atoms with Crippen molar-refractivity contribution in [2.24, 2.45) is 5.73 Å². The Hall–Kier alpha value is -2.82. The van der Waals surface area contributed by atoms with Crippen LogP contribution >= 0.6 is 0 Å². The van der Waals surface area contributed by atoms with Crippen molar-refractivity contribution in [1.29, 1.82) is 0 Å². The zero-order valence-electron chi connectivity index (χ0n) is 13.7. The molecule has 0 aromatic heterocycles. The first-order valence-electron chi connectivity index (χ1n) is 8.11. The van der Waals surface area contributed by atoms with Crippen LogP contribution in [0.4, 0.5) is 11.4 Å². The van der Waals surface area contributed by atoms with Gasteiger partial charge in [-0.15, -0.1) is 0 Å².